The van der Waals surface area contributed by atoms with Crippen molar-refractivity contribution in [3.8, 4) is 16.9 Å². The van der Waals surface area contributed by atoms with E-state index in [9.17, 15) is 14.0 Å². The standard InChI is InChI=1S/C18H17FO4/c1-18(2,10-20)15-8-11(17(21)22)4-6-13(15)14-9-12(23-3)5-7-16(14)19/h4-10H,1-3H3,(H,21,22). The van der Waals surface area contributed by atoms with Crippen LogP contribution in [0.25, 0.3) is 11.1 Å². The molecule has 0 aliphatic carbocycles. The summed E-state index contributed by atoms with van der Waals surface area (Å²) in [5, 5.41) is 9.16. The molecule has 23 heavy (non-hydrogen) atoms. The summed E-state index contributed by atoms with van der Waals surface area (Å²) in [5.74, 6) is -1.11. The first-order chi connectivity index (χ1) is 10.8. The highest BCUT2D eigenvalue weighted by Crippen LogP contribution is 2.36. The summed E-state index contributed by atoms with van der Waals surface area (Å²) in [5.41, 5.74) is 0.243. The summed E-state index contributed by atoms with van der Waals surface area (Å²) in [4.78, 5) is 22.6. The lowest BCUT2D eigenvalue weighted by Gasteiger charge is -2.22. The van der Waals surface area contributed by atoms with Gasteiger partial charge >= 0.3 is 5.97 Å². The molecule has 0 heterocycles. The van der Waals surface area contributed by atoms with Crippen LogP contribution in [0.1, 0.15) is 29.8 Å². The van der Waals surface area contributed by atoms with Crippen molar-refractivity contribution in [1.29, 1.82) is 0 Å². The lowest BCUT2D eigenvalue weighted by atomic mass is 9.80. The number of benzene rings is 2. The number of aldehydes is 1. The van der Waals surface area contributed by atoms with Crippen LogP contribution in [0.15, 0.2) is 36.4 Å². The Labute approximate surface area is 133 Å². The molecule has 0 atom stereocenters. The number of carboxylic acid groups (broad SMARTS) is 1. The van der Waals surface area contributed by atoms with E-state index in [1.807, 2.05) is 0 Å². The van der Waals surface area contributed by atoms with E-state index in [0.717, 1.165) is 6.29 Å². The highest BCUT2D eigenvalue weighted by Gasteiger charge is 2.26. The van der Waals surface area contributed by atoms with E-state index in [2.05, 4.69) is 0 Å². The van der Waals surface area contributed by atoms with Gasteiger partial charge in [-0.2, -0.15) is 0 Å². The number of aromatic carboxylic acids is 1. The number of rotatable bonds is 5. The van der Waals surface area contributed by atoms with Crippen molar-refractivity contribution < 1.29 is 23.8 Å². The fraction of sp³-hybridized carbons (Fsp3) is 0.222. The highest BCUT2D eigenvalue weighted by molar-refractivity contribution is 5.90. The minimum atomic E-state index is -1.11. The van der Waals surface area contributed by atoms with Crippen LogP contribution in [0.4, 0.5) is 4.39 Å². The number of carbonyl (C=O) groups is 2. The van der Waals surface area contributed by atoms with E-state index in [1.54, 1.807) is 13.8 Å². The van der Waals surface area contributed by atoms with Crippen molar-refractivity contribution in [1.82, 2.24) is 0 Å². The third kappa shape index (κ3) is 3.23. The Hall–Kier alpha value is -2.69. The van der Waals surface area contributed by atoms with Crippen molar-refractivity contribution in [3.63, 3.8) is 0 Å². The van der Waals surface area contributed by atoms with Crippen molar-refractivity contribution in [2.75, 3.05) is 7.11 Å². The van der Waals surface area contributed by atoms with E-state index in [1.165, 1.54) is 43.5 Å². The largest absolute Gasteiger partial charge is 0.497 e. The van der Waals surface area contributed by atoms with Crippen molar-refractivity contribution >= 4 is 12.3 Å². The average molecular weight is 316 g/mol. The molecule has 0 unspecified atom stereocenters. The van der Waals surface area contributed by atoms with Gasteiger partial charge in [0.15, 0.2) is 0 Å². The van der Waals surface area contributed by atoms with Gasteiger partial charge in [0, 0.05) is 11.0 Å². The van der Waals surface area contributed by atoms with Crippen molar-refractivity contribution in [2.45, 2.75) is 19.3 Å². The zero-order valence-corrected chi connectivity index (χ0v) is 13.1. The second-order valence-corrected chi connectivity index (χ2v) is 5.75. The maximum atomic E-state index is 14.3. The number of halogens is 1. The van der Waals surface area contributed by atoms with E-state index in [4.69, 9.17) is 9.84 Å². The van der Waals surface area contributed by atoms with E-state index < -0.39 is 17.2 Å². The van der Waals surface area contributed by atoms with Crippen LogP contribution >= 0.6 is 0 Å². The molecule has 0 spiro atoms. The van der Waals surface area contributed by atoms with Gasteiger partial charge in [0.2, 0.25) is 0 Å². The number of carboxylic acids is 1. The lowest BCUT2D eigenvalue weighted by molar-refractivity contribution is -0.111. The Morgan fingerprint density at radius 1 is 1.17 bits per heavy atom. The fourth-order valence-electron chi connectivity index (χ4n) is 2.35. The van der Waals surface area contributed by atoms with Crippen LogP contribution in [-0.2, 0) is 10.2 Å². The summed E-state index contributed by atoms with van der Waals surface area (Å²) in [6.07, 6.45) is 0.718. The van der Waals surface area contributed by atoms with Crippen LogP contribution in [0.2, 0.25) is 0 Å². The van der Waals surface area contributed by atoms with Crippen molar-refractivity contribution in [3.05, 3.63) is 53.3 Å². The zero-order chi connectivity index (χ0) is 17.2. The van der Waals surface area contributed by atoms with Gasteiger partial charge < -0.3 is 14.6 Å². The topological polar surface area (TPSA) is 63.6 Å². The third-order valence-corrected chi connectivity index (χ3v) is 3.72. The van der Waals surface area contributed by atoms with Gasteiger partial charge in [-0.1, -0.05) is 6.07 Å². The number of ether oxygens (including phenoxy) is 1. The average Bonchev–Trinajstić information content (AvgIpc) is 2.54. The molecule has 4 nitrogen and oxygen atoms in total. The van der Waals surface area contributed by atoms with Crippen LogP contribution in [0.3, 0.4) is 0 Å². The Kier molecular flexibility index (Phi) is 4.50. The second-order valence-electron chi connectivity index (χ2n) is 5.75. The highest BCUT2D eigenvalue weighted by atomic mass is 19.1. The third-order valence-electron chi connectivity index (χ3n) is 3.72. The van der Waals surface area contributed by atoms with Gasteiger partial charge in [-0.15, -0.1) is 0 Å². The number of carbonyl (C=O) groups excluding carboxylic acids is 1. The minimum Gasteiger partial charge on any atom is -0.497 e. The van der Waals surface area contributed by atoms with Gasteiger partial charge in [0.25, 0.3) is 0 Å². The molecule has 0 saturated carbocycles. The second kappa shape index (κ2) is 6.20. The molecule has 2 aromatic carbocycles. The van der Waals surface area contributed by atoms with Crippen molar-refractivity contribution in [2.24, 2.45) is 0 Å². The fourth-order valence-corrected chi connectivity index (χ4v) is 2.35. The summed E-state index contributed by atoms with van der Waals surface area (Å²) in [6.45, 7) is 3.31. The summed E-state index contributed by atoms with van der Waals surface area (Å²) in [6, 6.07) is 8.61. The molecule has 0 aromatic heterocycles. The molecular weight excluding hydrogens is 299 g/mol. The summed E-state index contributed by atoms with van der Waals surface area (Å²) >= 11 is 0. The van der Waals surface area contributed by atoms with Gasteiger partial charge in [-0.25, -0.2) is 9.18 Å². The maximum Gasteiger partial charge on any atom is 0.335 e. The monoisotopic (exact) mass is 316 g/mol. The minimum absolute atomic E-state index is 0.0435. The van der Waals surface area contributed by atoms with Crippen LogP contribution in [0.5, 0.6) is 5.75 Å². The molecule has 0 aliphatic heterocycles. The predicted molar refractivity (Wildman–Crippen MR) is 84.4 cm³/mol. The van der Waals surface area contributed by atoms with Gasteiger partial charge in [-0.05, 0) is 55.3 Å². The Bertz CT molecular complexity index is 766. The summed E-state index contributed by atoms with van der Waals surface area (Å²) < 4.78 is 19.4. The van der Waals surface area contributed by atoms with E-state index in [0.29, 0.717) is 16.9 Å². The van der Waals surface area contributed by atoms with Gasteiger partial charge in [0.05, 0.1) is 12.7 Å². The lowest BCUT2D eigenvalue weighted by Crippen LogP contribution is -2.20. The Morgan fingerprint density at radius 2 is 1.87 bits per heavy atom. The van der Waals surface area contributed by atoms with Crippen LogP contribution in [-0.4, -0.2) is 24.5 Å². The first-order valence-corrected chi connectivity index (χ1v) is 6.98. The number of methoxy groups -OCH3 is 1. The molecule has 0 bridgehead atoms. The molecule has 2 aromatic rings. The maximum absolute atomic E-state index is 14.3. The van der Waals surface area contributed by atoms with Crippen LogP contribution in [0, 0.1) is 5.82 Å². The first-order valence-electron chi connectivity index (χ1n) is 6.98. The molecular formula is C18H17FO4. The van der Waals surface area contributed by atoms with Gasteiger partial charge in [0.1, 0.15) is 17.9 Å². The molecule has 0 amide bonds. The molecule has 120 valence electrons. The Morgan fingerprint density at radius 3 is 2.43 bits per heavy atom. The van der Waals surface area contributed by atoms with Crippen LogP contribution < -0.4 is 4.74 Å². The Balaban J connectivity index is 2.76. The first kappa shape index (κ1) is 16.7. The smallest absolute Gasteiger partial charge is 0.335 e. The molecule has 0 aliphatic rings. The van der Waals surface area contributed by atoms with E-state index in [-0.39, 0.29) is 11.1 Å². The molecule has 5 heteroatoms. The quantitative estimate of drug-likeness (QED) is 0.855. The normalized spacial score (nSPS) is 11.1. The van der Waals surface area contributed by atoms with E-state index >= 15 is 0 Å². The number of hydrogen-bond donors (Lipinski definition) is 1. The molecule has 0 fully saturated rings. The number of hydrogen-bond acceptors (Lipinski definition) is 3. The molecule has 1 N–H and O–H groups in total. The molecule has 0 radical (unpaired) electrons. The van der Waals surface area contributed by atoms with Gasteiger partial charge in [-0.3, -0.25) is 0 Å². The zero-order valence-electron chi connectivity index (χ0n) is 13.1. The SMILES string of the molecule is COc1ccc(F)c(-c2ccc(C(=O)O)cc2C(C)(C)C=O)c1. The molecule has 2 rings (SSSR count). The summed E-state index contributed by atoms with van der Waals surface area (Å²) in [7, 11) is 1.47. The molecule has 0 saturated heterocycles. The predicted octanol–water partition coefficient (Wildman–Crippen LogP) is 3.68.